The molecule has 7 nitrogen and oxygen atoms in total. The van der Waals surface area contributed by atoms with E-state index in [4.69, 9.17) is 9.84 Å². The zero-order valence-electron chi connectivity index (χ0n) is 19.9. The zero-order valence-corrected chi connectivity index (χ0v) is 20.8. The summed E-state index contributed by atoms with van der Waals surface area (Å²) in [6.07, 6.45) is 3.67. The van der Waals surface area contributed by atoms with Crippen LogP contribution in [0.1, 0.15) is 39.0 Å². The van der Waals surface area contributed by atoms with Crippen molar-refractivity contribution in [2.24, 2.45) is 11.8 Å². The van der Waals surface area contributed by atoms with Crippen molar-refractivity contribution in [2.75, 3.05) is 25.1 Å². The summed E-state index contributed by atoms with van der Waals surface area (Å²) in [7, 11) is 0. The molecule has 0 aromatic heterocycles. The van der Waals surface area contributed by atoms with Gasteiger partial charge in [0.15, 0.2) is 0 Å². The van der Waals surface area contributed by atoms with Gasteiger partial charge in [-0.1, -0.05) is 30.3 Å². The Morgan fingerprint density at radius 1 is 1.17 bits per heavy atom. The molecule has 2 N–H and O–H groups in total. The highest BCUT2D eigenvalue weighted by Gasteiger charge is 2.73. The number of unbranched alkanes of at least 4 members (excludes halogenated alkanes) is 2. The molecule has 186 valence electrons. The SMILES string of the molecule is CCOC(=O)[C@@H]1[C@@H]2CCC3(S2)C(C(=O)Nc2ccc4ccccc4c2)N(CCCCCO)C(=O)[C@H]13. The lowest BCUT2D eigenvalue weighted by Crippen LogP contribution is -2.51. The van der Waals surface area contributed by atoms with Crippen LogP contribution in [0.15, 0.2) is 42.5 Å². The molecule has 3 aliphatic heterocycles. The van der Waals surface area contributed by atoms with E-state index >= 15 is 0 Å². The summed E-state index contributed by atoms with van der Waals surface area (Å²) in [6.45, 7) is 2.59. The summed E-state index contributed by atoms with van der Waals surface area (Å²) in [5.74, 6) is -1.66. The van der Waals surface area contributed by atoms with Crippen LogP contribution in [0.5, 0.6) is 0 Å². The van der Waals surface area contributed by atoms with Crippen molar-refractivity contribution in [1.29, 1.82) is 0 Å². The van der Waals surface area contributed by atoms with E-state index in [1.165, 1.54) is 0 Å². The monoisotopic (exact) mass is 496 g/mol. The van der Waals surface area contributed by atoms with E-state index in [0.29, 0.717) is 25.1 Å². The Labute approximate surface area is 209 Å². The number of nitrogens with one attached hydrogen (secondary N) is 1. The van der Waals surface area contributed by atoms with Crippen LogP contribution in [0.4, 0.5) is 5.69 Å². The standard InChI is InChI=1S/C27H32N2O5S/c1-2-34-26(33)21-20-12-13-27(35-20)22(21)25(32)29(14-6-3-7-15-30)23(27)24(31)28-19-11-10-17-8-4-5-9-18(17)16-19/h4-5,8-11,16,20-23,30H,2-3,6-7,12-15H2,1H3,(H,28,31)/t20-,21+,22-,23?,27?/m0/s1. The van der Waals surface area contributed by atoms with Gasteiger partial charge in [0.05, 0.1) is 23.2 Å². The fourth-order valence-corrected chi connectivity index (χ4v) is 8.46. The second-order valence-corrected chi connectivity index (χ2v) is 11.3. The Bertz CT molecular complexity index is 1140. The number of nitrogens with zero attached hydrogens (tertiary/aromatic N) is 1. The van der Waals surface area contributed by atoms with Crippen LogP contribution < -0.4 is 5.32 Å². The number of anilines is 1. The highest BCUT2D eigenvalue weighted by atomic mass is 32.2. The number of thioether (sulfide) groups is 1. The summed E-state index contributed by atoms with van der Waals surface area (Å²) in [4.78, 5) is 42.2. The number of likely N-dealkylation sites (tertiary alicyclic amines) is 1. The van der Waals surface area contributed by atoms with Crippen molar-refractivity contribution < 1.29 is 24.2 Å². The number of benzene rings is 2. The summed E-state index contributed by atoms with van der Waals surface area (Å²) in [5.41, 5.74) is 0.695. The van der Waals surface area contributed by atoms with Crippen molar-refractivity contribution in [3.8, 4) is 0 Å². The van der Waals surface area contributed by atoms with Crippen LogP contribution >= 0.6 is 11.8 Å². The first-order valence-corrected chi connectivity index (χ1v) is 13.4. The molecule has 0 aliphatic carbocycles. The molecule has 5 rings (SSSR count). The van der Waals surface area contributed by atoms with E-state index < -0.39 is 22.6 Å². The molecule has 2 unspecified atom stereocenters. The first-order chi connectivity index (χ1) is 17.0. The molecule has 3 aliphatic rings. The van der Waals surface area contributed by atoms with Crippen molar-refractivity contribution >= 4 is 46.0 Å². The molecule has 3 heterocycles. The Kier molecular flexibility index (Phi) is 6.77. The van der Waals surface area contributed by atoms with Crippen LogP contribution in [-0.2, 0) is 19.1 Å². The number of amides is 2. The van der Waals surface area contributed by atoms with Gasteiger partial charge < -0.3 is 20.1 Å². The first-order valence-electron chi connectivity index (χ1n) is 12.6. The molecule has 1 spiro atoms. The molecule has 2 bridgehead atoms. The van der Waals surface area contributed by atoms with Crippen LogP contribution in [0, 0.1) is 11.8 Å². The van der Waals surface area contributed by atoms with Crippen molar-refractivity contribution in [3.63, 3.8) is 0 Å². The number of aliphatic hydroxyl groups excluding tert-OH is 1. The zero-order chi connectivity index (χ0) is 24.6. The topological polar surface area (TPSA) is 95.9 Å². The average Bonchev–Trinajstić information content (AvgIpc) is 3.49. The number of hydrogen-bond acceptors (Lipinski definition) is 6. The second kappa shape index (κ2) is 9.82. The number of hydrogen-bond donors (Lipinski definition) is 2. The minimum atomic E-state index is -0.643. The molecule has 8 heteroatoms. The van der Waals surface area contributed by atoms with Crippen LogP contribution in [0.2, 0.25) is 0 Å². The average molecular weight is 497 g/mol. The molecule has 3 fully saturated rings. The van der Waals surface area contributed by atoms with Crippen LogP contribution in [0.25, 0.3) is 10.8 Å². The number of rotatable bonds is 9. The number of aliphatic hydroxyl groups is 1. The number of fused-ring (bicyclic) bond motifs is 2. The van der Waals surface area contributed by atoms with Gasteiger partial charge in [-0.15, -0.1) is 11.8 Å². The third-order valence-corrected chi connectivity index (χ3v) is 9.63. The van der Waals surface area contributed by atoms with Gasteiger partial charge in [0, 0.05) is 24.1 Å². The van der Waals surface area contributed by atoms with Gasteiger partial charge in [-0.2, -0.15) is 0 Å². The molecule has 0 saturated carbocycles. The quantitative estimate of drug-likeness (QED) is 0.407. The van der Waals surface area contributed by atoms with Gasteiger partial charge in [0.25, 0.3) is 0 Å². The molecule has 3 saturated heterocycles. The summed E-state index contributed by atoms with van der Waals surface area (Å²) < 4.78 is 4.75. The van der Waals surface area contributed by atoms with Gasteiger partial charge >= 0.3 is 5.97 Å². The lowest BCUT2D eigenvalue weighted by molar-refractivity contribution is -0.153. The molecular weight excluding hydrogens is 464 g/mol. The van der Waals surface area contributed by atoms with Crippen LogP contribution in [-0.4, -0.2) is 63.6 Å². The number of carbonyl (C=O) groups is 3. The van der Waals surface area contributed by atoms with Gasteiger partial charge in [0.2, 0.25) is 11.8 Å². The minimum Gasteiger partial charge on any atom is -0.466 e. The van der Waals surface area contributed by atoms with Crippen molar-refractivity contribution in [2.45, 2.75) is 55.1 Å². The first kappa shape index (κ1) is 24.1. The van der Waals surface area contributed by atoms with E-state index in [-0.39, 0.29) is 36.2 Å². The Morgan fingerprint density at radius 2 is 1.97 bits per heavy atom. The Morgan fingerprint density at radius 3 is 2.74 bits per heavy atom. The molecule has 2 aromatic carbocycles. The summed E-state index contributed by atoms with van der Waals surface area (Å²) in [5, 5.41) is 14.4. The fourth-order valence-electron chi connectivity index (χ4n) is 6.25. The largest absolute Gasteiger partial charge is 0.466 e. The smallest absolute Gasteiger partial charge is 0.310 e. The molecule has 2 aromatic rings. The number of esters is 1. The highest BCUT2D eigenvalue weighted by Crippen LogP contribution is 2.66. The fraction of sp³-hybridized carbons (Fsp3) is 0.519. The number of ether oxygens (including phenoxy) is 1. The van der Waals surface area contributed by atoms with Crippen LogP contribution in [0.3, 0.4) is 0 Å². The molecule has 35 heavy (non-hydrogen) atoms. The van der Waals surface area contributed by atoms with E-state index in [9.17, 15) is 14.4 Å². The molecule has 2 amide bonds. The number of carbonyl (C=O) groups excluding carboxylic acids is 3. The van der Waals surface area contributed by atoms with Gasteiger partial charge in [-0.3, -0.25) is 14.4 Å². The normalized spacial score (nSPS) is 29.0. The lowest BCUT2D eigenvalue weighted by atomic mass is 9.71. The maximum Gasteiger partial charge on any atom is 0.310 e. The summed E-state index contributed by atoms with van der Waals surface area (Å²) in [6, 6.07) is 13.1. The minimum absolute atomic E-state index is 0.00973. The van der Waals surface area contributed by atoms with Gasteiger partial charge in [-0.25, -0.2) is 0 Å². The van der Waals surface area contributed by atoms with Crippen molar-refractivity contribution in [3.05, 3.63) is 42.5 Å². The maximum absolute atomic E-state index is 13.8. The Balaban J connectivity index is 1.45. The third kappa shape index (κ3) is 4.10. The van der Waals surface area contributed by atoms with E-state index in [1.54, 1.807) is 23.6 Å². The van der Waals surface area contributed by atoms with E-state index in [2.05, 4.69) is 5.32 Å². The lowest BCUT2D eigenvalue weighted by Gasteiger charge is -2.34. The highest BCUT2D eigenvalue weighted by molar-refractivity contribution is 8.02. The molecular formula is C27H32N2O5S. The van der Waals surface area contributed by atoms with E-state index in [1.807, 2.05) is 42.5 Å². The third-order valence-electron chi connectivity index (χ3n) is 7.68. The van der Waals surface area contributed by atoms with Gasteiger partial charge in [-0.05, 0) is 61.9 Å². The second-order valence-electron chi connectivity index (χ2n) is 9.68. The van der Waals surface area contributed by atoms with Crippen molar-refractivity contribution in [1.82, 2.24) is 4.90 Å². The molecule has 0 radical (unpaired) electrons. The predicted molar refractivity (Wildman–Crippen MR) is 136 cm³/mol. The summed E-state index contributed by atoms with van der Waals surface area (Å²) >= 11 is 1.65. The predicted octanol–water partition coefficient (Wildman–Crippen LogP) is 3.60. The molecule has 5 atom stereocenters. The van der Waals surface area contributed by atoms with E-state index in [0.717, 1.165) is 30.0 Å². The Hall–Kier alpha value is -2.58. The maximum atomic E-state index is 13.8. The van der Waals surface area contributed by atoms with Gasteiger partial charge in [0.1, 0.15) is 6.04 Å².